The van der Waals surface area contributed by atoms with Gasteiger partial charge in [0.2, 0.25) is 0 Å². The third kappa shape index (κ3) is 3.64. The number of rotatable bonds is 2. The van der Waals surface area contributed by atoms with Crippen LogP contribution >= 0.6 is 0 Å². The lowest BCUT2D eigenvalue weighted by atomic mass is 9.44. The highest BCUT2D eigenvalue weighted by Crippen LogP contribution is 2.70. The molecule has 4 aliphatic carbocycles. The molecule has 2 heterocycles. The molecule has 0 aromatic heterocycles. The maximum Gasteiger partial charge on any atom is 0.184 e. The quantitative estimate of drug-likeness (QED) is 0.388. The number of hydrogen-bond acceptors (Lipinski definition) is 4. The molecule has 2 saturated heterocycles. The van der Waals surface area contributed by atoms with Crippen molar-refractivity contribution in [2.45, 2.75) is 123 Å². The van der Waals surface area contributed by atoms with Crippen molar-refractivity contribution in [3.05, 3.63) is 0 Å². The fourth-order valence-electron chi connectivity index (χ4n) is 10.5. The Kier molecular flexibility index (Phi) is 5.82. The molecular weight excluding hydrogens is 452 g/mol. The van der Waals surface area contributed by atoms with Crippen LogP contribution in [0.15, 0.2) is 0 Å². The second kappa shape index (κ2) is 8.13. The van der Waals surface area contributed by atoms with E-state index in [1.54, 1.807) is 0 Å². The van der Waals surface area contributed by atoms with Gasteiger partial charge in [0, 0.05) is 36.2 Å². The Bertz CT molecular complexity index is 859. The van der Waals surface area contributed by atoms with Gasteiger partial charge in [-0.2, -0.15) is 0 Å². The first-order chi connectivity index (χ1) is 16.4. The van der Waals surface area contributed by atoms with Crippen molar-refractivity contribution in [2.75, 3.05) is 6.61 Å². The summed E-state index contributed by atoms with van der Waals surface area (Å²) in [6, 6.07) is 0. The summed E-state index contributed by atoms with van der Waals surface area (Å²) in [5.41, 5.74) is 0.0652. The highest BCUT2D eigenvalue weighted by atomic mass is 28.4. The van der Waals surface area contributed by atoms with Crippen molar-refractivity contribution in [3.8, 4) is 0 Å². The van der Waals surface area contributed by atoms with Crippen molar-refractivity contribution >= 4 is 14.1 Å². The van der Waals surface area contributed by atoms with Crippen molar-refractivity contribution in [1.29, 1.82) is 0 Å². The van der Waals surface area contributed by atoms with E-state index in [2.05, 4.69) is 47.3 Å². The van der Waals surface area contributed by atoms with Gasteiger partial charge < -0.3 is 13.9 Å². The maximum absolute atomic E-state index is 14.2. The Morgan fingerprint density at radius 1 is 0.971 bits per heavy atom. The zero-order valence-corrected chi connectivity index (χ0v) is 24.4. The van der Waals surface area contributed by atoms with Gasteiger partial charge in [-0.3, -0.25) is 4.79 Å². The first-order valence-corrected chi connectivity index (χ1v) is 18.3. The smallest absolute Gasteiger partial charge is 0.184 e. The molecule has 2 aliphatic heterocycles. The normalized spacial score (nSPS) is 55.9. The molecule has 4 saturated carbocycles. The van der Waals surface area contributed by atoms with Gasteiger partial charge in [-0.25, -0.2) is 0 Å². The topological polar surface area (TPSA) is 44.8 Å². The summed E-state index contributed by atoms with van der Waals surface area (Å²) >= 11 is 0. The van der Waals surface area contributed by atoms with Crippen LogP contribution in [0.5, 0.6) is 0 Å². The van der Waals surface area contributed by atoms with E-state index in [4.69, 9.17) is 13.9 Å². The molecule has 4 nitrogen and oxygen atoms in total. The molecule has 198 valence electrons. The van der Waals surface area contributed by atoms with E-state index in [1.165, 1.54) is 38.5 Å². The number of ketones is 1. The van der Waals surface area contributed by atoms with E-state index in [1.807, 2.05) is 0 Å². The molecule has 35 heavy (non-hydrogen) atoms. The number of Topliss-reactive ketones (excluding diaryl/α,β-unsaturated/α-hetero) is 1. The third-order valence-corrected chi connectivity index (χ3v) is 13.3. The summed E-state index contributed by atoms with van der Waals surface area (Å²) in [5, 5.41) is 0. The van der Waals surface area contributed by atoms with Gasteiger partial charge in [0.15, 0.2) is 14.1 Å². The van der Waals surface area contributed by atoms with E-state index < -0.39 is 14.1 Å². The fourth-order valence-corrected chi connectivity index (χ4v) is 11.7. The number of hydrogen-bond donors (Lipinski definition) is 0. The Morgan fingerprint density at radius 3 is 2.43 bits per heavy atom. The Labute approximate surface area is 214 Å². The molecule has 0 aromatic rings. The van der Waals surface area contributed by atoms with Gasteiger partial charge in [-0.15, -0.1) is 0 Å². The summed E-state index contributed by atoms with van der Waals surface area (Å²) in [5.74, 6) is 3.78. The van der Waals surface area contributed by atoms with Crippen LogP contribution in [0.2, 0.25) is 19.6 Å². The monoisotopic (exact) mass is 502 g/mol. The molecule has 6 fully saturated rings. The van der Waals surface area contributed by atoms with Gasteiger partial charge in [-0.1, -0.05) is 27.7 Å². The van der Waals surface area contributed by atoms with Crippen LogP contribution in [0.1, 0.15) is 85.5 Å². The summed E-state index contributed by atoms with van der Waals surface area (Å²) in [6.07, 6.45) is 10.9. The minimum atomic E-state index is -1.52. The zero-order valence-electron chi connectivity index (χ0n) is 23.4. The van der Waals surface area contributed by atoms with Crippen LogP contribution in [0.3, 0.4) is 0 Å². The zero-order chi connectivity index (χ0) is 25.0. The summed E-state index contributed by atoms with van der Waals surface area (Å²) < 4.78 is 19.9. The second-order valence-electron chi connectivity index (χ2n) is 15.2. The van der Waals surface area contributed by atoms with Crippen LogP contribution in [0.4, 0.5) is 0 Å². The molecule has 6 rings (SSSR count). The SMILES string of the molecule is C[C@@H]1CC[C@@]2(OC1)O[C@H]1C[C@H]3[C@@H]4CC[C@H]5C[C@@H](O[Si](C)(C)C)CC[C@]5(C)[C@H]4CC(=O)[C@]3(C)[C@H]1[C@@H]2C. The number of ether oxygens (including phenoxy) is 2. The Balaban J connectivity index is 1.23. The van der Waals surface area contributed by atoms with Gasteiger partial charge in [0.25, 0.3) is 0 Å². The van der Waals surface area contributed by atoms with Gasteiger partial charge in [0.05, 0.1) is 12.7 Å². The van der Waals surface area contributed by atoms with Crippen molar-refractivity contribution in [3.63, 3.8) is 0 Å². The minimum absolute atomic E-state index is 0.197. The summed E-state index contributed by atoms with van der Waals surface area (Å²) in [4.78, 5) is 14.2. The molecular formula is C30H50O4Si. The number of carbonyl (C=O) groups excluding carboxylic acids is 1. The molecule has 0 bridgehead atoms. The van der Waals surface area contributed by atoms with Crippen LogP contribution in [-0.2, 0) is 18.7 Å². The molecule has 12 atom stereocenters. The van der Waals surface area contributed by atoms with Crippen LogP contribution in [0, 0.1) is 52.3 Å². The van der Waals surface area contributed by atoms with E-state index in [0.717, 1.165) is 25.9 Å². The van der Waals surface area contributed by atoms with E-state index in [0.29, 0.717) is 58.7 Å². The first-order valence-electron chi connectivity index (χ1n) is 14.9. The minimum Gasteiger partial charge on any atom is -0.415 e. The standard InChI is InChI=1S/C30H50O4Si/c1-18-10-13-30(32-17-18)19(2)27-25(33-30)15-24-22-9-8-20-14-21(34-35(5,6)7)11-12-28(20,3)23(22)16-26(31)29(24,27)4/h18-25,27H,8-17H2,1-7H3/t18-,19+,20+,21+,22-,23+,24+,25+,27+,28+,29-,30-/m1/s1. The average molecular weight is 503 g/mol. The van der Waals surface area contributed by atoms with Crippen molar-refractivity contribution < 1.29 is 18.7 Å². The average Bonchev–Trinajstić information content (AvgIpc) is 3.22. The number of fused-ring (bicyclic) bond motifs is 7. The first kappa shape index (κ1) is 25.1. The van der Waals surface area contributed by atoms with Crippen LogP contribution in [-0.4, -0.2) is 38.7 Å². The lowest BCUT2D eigenvalue weighted by Gasteiger charge is -2.61. The molecule has 1 spiro atoms. The molecule has 0 N–H and O–H groups in total. The highest BCUT2D eigenvalue weighted by Gasteiger charge is 2.71. The fraction of sp³-hybridized carbons (Fsp3) is 0.967. The van der Waals surface area contributed by atoms with Crippen LogP contribution in [0.25, 0.3) is 0 Å². The Morgan fingerprint density at radius 2 is 1.74 bits per heavy atom. The maximum atomic E-state index is 14.2. The predicted octanol–water partition coefficient (Wildman–Crippen LogP) is 6.83. The second-order valence-corrected chi connectivity index (χ2v) is 19.6. The molecule has 0 aromatic carbocycles. The van der Waals surface area contributed by atoms with E-state index >= 15 is 0 Å². The lowest BCUT2D eigenvalue weighted by molar-refractivity contribution is -0.272. The molecule has 6 aliphatic rings. The third-order valence-electron chi connectivity index (χ3n) is 12.3. The predicted molar refractivity (Wildman–Crippen MR) is 140 cm³/mol. The van der Waals surface area contributed by atoms with Gasteiger partial charge in [0.1, 0.15) is 5.78 Å². The van der Waals surface area contributed by atoms with Gasteiger partial charge >= 0.3 is 0 Å². The van der Waals surface area contributed by atoms with Gasteiger partial charge in [-0.05, 0) is 99.6 Å². The van der Waals surface area contributed by atoms with Crippen molar-refractivity contribution in [2.24, 2.45) is 52.3 Å². The van der Waals surface area contributed by atoms with Crippen molar-refractivity contribution in [1.82, 2.24) is 0 Å². The lowest BCUT2D eigenvalue weighted by Crippen LogP contribution is -2.58. The summed E-state index contributed by atoms with van der Waals surface area (Å²) in [6.45, 7) is 17.3. The number of carbonyl (C=O) groups is 1. The highest BCUT2D eigenvalue weighted by molar-refractivity contribution is 6.69. The molecule has 0 amide bonds. The Hall–Kier alpha value is -0.233. The molecule has 5 heteroatoms. The van der Waals surface area contributed by atoms with E-state index in [9.17, 15) is 4.79 Å². The largest absolute Gasteiger partial charge is 0.415 e. The summed E-state index contributed by atoms with van der Waals surface area (Å²) in [7, 11) is -1.52. The molecule has 0 unspecified atom stereocenters. The molecule has 0 radical (unpaired) electrons. The van der Waals surface area contributed by atoms with Crippen LogP contribution < -0.4 is 0 Å². The van der Waals surface area contributed by atoms with E-state index in [-0.39, 0.29) is 11.5 Å².